The van der Waals surface area contributed by atoms with E-state index in [0.29, 0.717) is 10.2 Å². The van der Waals surface area contributed by atoms with Crippen LogP contribution < -0.4 is 25.8 Å². The Morgan fingerprint density at radius 1 is 1.25 bits per heavy atom. The van der Waals surface area contributed by atoms with Crippen LogP contribution in [-0.4, -0.2) is 36.2 Å². The molecule has 0 saturated carbocycles. The molecule has 1 aliphatic rings. The molecular weight excluding hydrogens is 370 g/mol. The normalized spacial score (nSPS) is 14.1. The van der Waals surface area contributed by atoms with Gasteiger partial charge in [0.1, 0.15) is 0 Å². The van der Waals surface area contributed by atoms with Gasteiger partial charge in [-0.05, 0) is 0 Å². The Kier molecular flexibility index (Phi) is 5.06. The number of nitrogens with two attached hydrogens (primary N) is 1. The quantitative estimate of drug-likeness (QED) is 0.730. The molecule has 0 atom stereocenters. The summed E-state index contributed by atoms with van der Waals surface area (Å²) < 4.78 is 35.1. The van der Waals surface area contributed by atoms with Crippen LogP contribution >= 0.6 is 23.7 Å². The minimum atomic E-state index is -3.69. The fraction of sp³-hybridized carbons (Fsp3) is 0.250. The third-order valence-corrected chi connectivity index (χ3v) is 3.72. The van der Waals surface area contributed by atoms with E-state index in [1.165, 1.54) is 12.1 Å². The van der Waals surface area contributed by atoms with E-state index >= 15 is 0 Å². The predicted octanol–water partition coefficient (Wildman–Crippen LogP) is 1.05. The van der Waals surface area contributed by atoms with Crippen LogP contribution in [0.25, 0.3) is 10.2 Å². The Morgan fingerprint density at radius 3 is 2.58 bits per heavy atom. The largest absolute Gasteiger partial charge is 0.586 e. The summed E-state index contributed by atoms with van der Waals surface area (Å²) in [6.45, 7) is -0.467. The number of hydrogen-bond donors (Lipinski definition) is 3. The molecule has 12 heteroatoms. The zero-order valence-electron chi connectivity index (χ0n) is 11.8. The second-order valence-electron chi connectivity index (χ2n) is 4.48. The lowest BCUT2D eigenvalue weighted by atomic mass is 10.3. The summed E-state index contributed by atoms with van der Waals surface area (Å²) in [5.41, 5.74) is 5.47. The molecule has 0 aliphatic carbocycles. The molecule has 1 aromatic heterocycles. The summed E-state index contributed by atoms with van der Waals surface area (Å²) in [5.74, 6) is -1.17. The maximum atomic E-state index is 13.0. The van der Waals surface area contributed by atoms with Crippen LogP contribution in [0, 0.1) is 0 Å². The molecule has 2 aromatic rings. The van der Waals surface area contributed by atoms with Gasteiger partial charge in [-0.25, -0.2) is 4.98 Å². The van der Waals surface area contributed by atoms with Crippen molar-refractivity contribution in [2.24, 2.45) is 5.73 Å². The summed E-state index contributed by atoms with van der Waals surface area (Å²) in [7, 11) is 0. The molecular formula is C12H11ClF2N4O4S. The highest BCUT2D eigenvalue weighted by Gasteiger charge is 2.43. The number of halogens is 3. The number of carbonyl (C=O) groups is 2. The van der Waals surface area contributed by atoms with Crippen LogP contribution in [0.5, 0.6) is 11.5 Å². The van der Waals surface area contributed by atoms with Crippen molar-refractivity contribution in [3.63, 3.8) is 0 Å². The Bertz CT molecular complexity index is 756. The average Bonchev–Trinajstić information content (AvgIpc) is 2.98. The molecule has 3 rings (SSSR count). The molecule has 2 amide bonds. The number of ether oxygens (including phenoxy) is 2. The van der Waals surface area contributed by atoms with Gasteiger partial charge in [-0.15, -0.1) is 21.2 Å². The zero-order chi connectivity index (χ0) is 16.6. The topological polar surface area (TPSA) is 116 Å². The van der Waals surface area contributed by atoms with Crippen molar-refractivity contribution in [1.29, 1.82) is 0 Å². The summed E-state index contributed by atoms with van der Waals surface area (Å²) in [6.07, 6.45) is -3.69. The molecule has 8 nitrogen and oxygen atoms in total. The summed E-state index contributed by atoms with van der Waals surface area (Å²) in [4.78, 5) is 26.7. The van der Waals surface area contributed by atoms with E-state index in [-0.39, 0.29) is 42.1 Å². The summed E-state index contributed by atoms with van der Waals surface area (Å²) in [6, 6.07) is 2.66. The first kappa shape index (κ1) is 18.1. The lowest BCUT2D eigenvalue weighted by Gasteiger charge is -2.04. The molecule has 0 saturated heterocycles. The number of anilines is 1. The number of hydrogen-bond acceptors (Lipinski definition) is 7. The van der Waals surface area contributed by atoms with E-state index in [2.05, 4.69) is 25.1 Å². The number of fused-ring (bicyclic) bond motifs is 2. The lowest BCUT2D eigenvalue weighted by Crippen LogP contribution is -2.36. The Balaban J connectivity index is 0.00000208. The van der Waals surface area contributed by atoms with Crippen molar-refractivity contribution in [3.8, 4) is 11.5 Å². The van der Waals surface area contributed by atoms with Crippen LogP contribution in [0.1, 0.15) is 0 Å². The Hall–Kier alpha value is -2.24. The van der Waals surface area contributed by atoms with Crippen LogP contribution in [0.2, 0.25) is 0 Å². The van der Waals surface area contributed by atoms with Gasteiger partial charge in [0.25, 0.3) is 0 Å². The summed E-state index contributed by atoms with van der Waals surface area (Å²) >= 11 is 1.07. The number of alkyl halides is 2. The number of nitrogens with one attached hydrogen (secondary N) is 2. The van der Waals surface area contributed by atoms with Crippen molar-refractivity contribution < 1.29 is 27.8 Å². The molecule has 0 radical (unpaired) electrons. The van der Waals surface area contributed by atoms with Gasteiger partial charge in [0, 0.05) is 12.1 Å². The number of benzene rings is 1. The van der Waals surface area contributed by atoms with E-state index in [4.69, 9.17) is 5.73 Å². The van der Waals surface area contributed by atoms with Gasteiger partial charge < -0.3 is 25.8 Å². The van der Waals surface area contributed by atoms with Crippen molar-refractivity contribution in [3.05, 3.63) is 12.1 Å². The first-order valence-electron chi connectivity index (χ1n) is 6.33. The number of rotatable bonds is 4. The maximum absolute atomic E-state index is 13.0. The highest BCUT2D eigenvalue weighted by Crippen LogP contribution is 2.44. The number of thiazole rings is 1. The fourth-order valence-corrected chi connectivity index (χ4v) is 2.73. The standard InChI is InChI=1S/C12H10F2N4O4S.ClH/c13-12(14)21-6-1-5-8(2-7(6)22-12)23-11(17-5)18-10(20)4-16-9(19)3-15;/h1-2H,3-4,15H2,(H,16,19)(H,17,18,20);1H. The third kappa shape index (κ3) is 3.80. The smallest absolute Gasteiger partial charge is 0.395 e. The number of carbonyl (C=O) groups excluding carboxylic acids is 2. The Labute approximate surface area is 143 Å². The van der Waals surface area contributed by atoms with Crippen molar-refractivity contribution in [2.45, 2.75) is 6.29 Å². The molecule has 1 aliphatic heterocycles. The highest BCUT2D eigenvalue weighted by atomic mass is 35.5. The van der Waals surface area contributed by atoms with Crippen LogP contribution in [0.3, 0.4) is 0 Å². The average molecular weight is 381 g/mol. The second-order valence-corrected chi connectivity index (χ2v) is 5.51. The van der Waals surface area contributed by atoms with Gasteiger partial charge in [-0.3, -0.25) is 9.59 Å². The minimum absolute atomic E-state index is 0. The van der Waals surface area contributed by atoms with Gasteiger partial charge in [0.2, 0.25) is 11.8 Å². The van der Waals surface area contributed by atoms with Crippen LogP contribution in [0.15, 0.2) is 12.1 Å². The van der Waals surface area contributed by atoms with Gasteiger partial charge in [-0.1, -0.05) is 11.3 Å². The molecule has 24 heavy (non-hydrogen) atoms. The van der Waals surface area contributed by atoms with Crippen molar-refractivity contribution >= 4 is 50.9 Å². The first-order chi connectivity index (χ1) is 10.9. The van der Waals surface area contributed by atoms with Crippen molar-refractivity contribution in [1.82, 2.24) is 10.3 Å². The van der Waals surface area contributed by atoms with E-state index in [0.717, 1.165) is 11.3 Å². The molecule has 0 fully saturated rings. The number of nitrogens with zero attached hydrogens (tertiary/aromatic N) is 1. The van der Waals surface area contributed by atoms with Crippen LogP contribution in [0.4, 0.5) is 13.9 Å². The number of aromatic nitrogens is 1. The van der Waals surface area contributed by atoms with Gasteiger partial charge in [-0.2, -0.15) is 0 Å². The first-order valence-corrected chi connectivity index (χ1v) is 7.15. The van der Waals surface area contributed by atoms with Gasteiger partial charge in [0.05, 0.1) is 23.3 Å². The molecule has 2 heterocycles. The van der Waals surface area contributed by atoms with E-state index < -0.39 is 18.1 Å². The molecule has 1 aromatic carbocycles. The molecule has 0 bridgehead atoms. The Morgan fingerprint density at radius 2 is 1.92 bits per heavy atom. The minimum Gasteiger partial charge on any atom is -0.395 e. The highest BCUT2D eigenvalue weighted by molar-refractivity contribution is 7.22. The molecule has 0 unspecified atom stereocenters. The predicted molar refractivity (Wildman–Crippen MR) is 83.8 cm³/mol. The molecule has 4 N–H and O–H groups in total. The van der Waals surface area contributed by atoms with E-state index in [1.54, 1.807) is 0 Å². The SMILES string of the molecule is Cl.NCC(=O)NCC(=O)Nc1nc2cc3c(cc2s1)OC(F)(F)O3. The number of amides is 2. The summed E-state index contributed by atoms with van der Waals surface area (Å²) in [5, 5.41) is 5.05. The van der Waals surface area contributed by atoms with Crippen molar-refractivity contribution in [2.75, 3.05) is 18.4 Å². The fourth-order valence-electron chi connectivity index (χ4n) is 1.84. The molecule has 130 valence electrons. The van der Waals surface area contributed by atoms with Gasteiger partial charge in [0.15, 0.2) is 16.6 Å². The molecule has 0 spiro atoms. The lowest BCUT2D eigenvalue weighted by molar-refractivity contribution is -0.286. The van der Waals surface area contributed by atoms with E-state index in [1.807, 2.05) is 0 Å². The third-order valence-electron chi connectivity index (χ3n) is 2.79. The maximum Gasteiger partial charge on any atom is 0.586 e. The second kappa shape index (κ2) is 6.71. The van der Waals surface area contributed by atoms with E-state index in [9.17, 15) is 18.4 Å². The van der Waals surface area contributed by atoms with Crippen LogP contribution in [-0.2, 0) is 9.59 Å². The van der Waals surface area contributed by atoms with Gasteiger partial charge >= 0.3 is 6.29 Å². The monoisotopic (exact) mass is 380 g/mol. The zero-order valence-corrected chi connectivity index (χ0v) is 13.4.